The van der Waals surface area contributed by atoms with Gasteiger partial charge in [-0.2, -0.15) is 5.10 Å². The van der Waals surface area contributed by atoms with Gasteiger partial charge in [0.15, 0.2) is 22.9 Å². The molecule has 200 valence electrons. The van der Waals surface area contributed by atoms with E-state index in [1.807, 2.05) is 0 Å². The number of nitrogens with zero attached hydrogens (tertiary/aromatic N) is 6. The Morgan fingerprint density at radius 3 is 2.76 bits per heavy atom. The highest BCUT2D eigenvalue weighted by atomic mass is 19.1. The molecule has 1 saturated heterocycles. The van der Waals surface area contributed by atoms with Crippen LogP contribution in [0.3, 0.4) is 0 Å². The van der Waals surface area contributed by atoms with Crippen LogP contribution in [0.2, 0.25) is 0 Å². The molecule has 38 heavy (non-hydrogen) atoms. The van der Waals surface area contributed by atoms with Gasteiger partial charge in [-0.15, -0.1) is 0 Å². The van der Waals surface area contributed by atoms with Crippen LogP contribution in [0.15, 0.2) is 31.1 Å². The van der Waals surface area contributed by atoms with Crippen molar-refractivity contribution < 1.29 is 23.5 Å². The van der Waals surface area contributed by atoms with Crippen LogP contribution in [0.25, 0.3) is 11.0 Å². The lowest BCUT2D eigenvalue weighted by molar-refractivity contribution is -0.128. The number of carbonyl (C=O) groups excluding carboxylic acids is 3. The van der Waals surface area contributed by atoms with E-state index in [1.165, 1.54) is 36.5 Å². The Kier molecular flexibility index (Phi) is 7.55. The van der Waals surface area contributed by atoms with Crippen molar-refractivity contribution in [2.75, 3.05) is 45.3 Å². The Morgan fingerprint density at radius 2 is 2.08 bits per heavy atom. The van der Waals surface area contributed by atoms with Crippen LogP contribution >= 0.6 is 0 Å². The number of aromatic nitrogens is 4. The van der Waals surface area contributed by atoms with E-state index in [9.17, 15) is 14.4 Å². The number of likely N-dealkylation sites (tertiary alicyclic amines) is 1. The summed E-state index contributed by atoms with van der Waals surface area (Å²) in [5.41, 5.74) is 6.58. The number of piperidine rings is 1. The second-order valence-corrected chi connectivity index (χ2v) is 9.07. The topological polar surface area (TPSA) is 149 Å². The van der Waals surface area contributed by atoms with Gasteiger partial charge in [-0.3, -0.25) is 14.4 Å². The van der Waals surface area contributed by atoms with Crippen molar-refractivity contribution in [3.05, 3.63) is 48.2 Å². The van der Waals surface area contributed by atoms with Crippen LogP contribution < -0.4 is 15.8 Å². The molecule has 3 N–H and O–H groups in total. The average Bonchev–Trinajstić information content (AvgIpc) is 3.31. The molecule has 3 amide bonds. The minimum absolute atomic E-state index is 0.0506. The fourth-order valence-electron chi connectivity index (χ4n) is 4.43. The number of nitrogens with two attached hydrogens (primary N) is 1. The van der Waals surface area contributed by atoms with E-state index in [0.29, 0.717) is 25.2 Å². The van der Waals surface area contributed by atoms with Crippen LogP contribution in [-0.4, -0.2) is 81.6 Å². The first-order valence-electron chi connectivity index (χ1n) is 11.9. The van der Waals surface area contributed by atoms with Gasteiger partial charge < -0.3 is 25.6 Å². The molecule has 13 heteroatoms. The molecule has 0 saturated carbocycles. The maximum atomic E-state index is 15.2. The van der Waals surface area contributed by atoms with Gasteiger partial charge in [-0.25, -0.2) is 19.0 Å². The lowest BCUT2D eigenvalue weighted by Gasteiger charge is -2.32. The first-order chi connectivity index (χ1) is 18.2. The molecule has 12 nitrogen and oxygen atoms in total. The van der Waals surface area contributed by atoms with E-state index in [1.54, 1.807) is 23.7 Å². The molecular formula is C25H29FN8O4. The summed E-state index contributed by atoms with van der Waals surface area (Å²) >= 11 is 0. The fourth-order valence-corrected chi connectivity index (χ4v) is 4.43. The molecule has 3 heterocycles. The first kappa shape index (κ1) is 26.5. The average molecular weight is 525 g/mol. The smallest absolute Gasteiger partial charge is 0.277 e. The summed E-state index contributed by atoms with van der Waals surface area (Å²) in [4.78, 5) is 49.0. The van der Waals surface area contributed by atoms with Crippen molar-refractivity contribution in [1.29, 1.82) is 0 Å². The van der Waals surface area contributed by atoms with Crippen LogP contribution in [0.4, 0.5) is 15.9 Å². The van der Waals surface area contributed by atoms with Crippen molar-refractivity contribution >= 4 is 40.3 Å². The van der Waals surface area contributed by atoms with Crippen molar-refractivity contribution in [2.24, 2.45) is 0 Å². The van der Waals surface area contributed by atoms with Crippen LogP contribution in [0.5, 0.6) is 5.75 Å². The van der Waals surface area contributed by atoms with Gasteiger partial charge in [0.1, 0.15) is 12.1 Å². The molecule has 3 aromatic rings. The van der Waals surface area contributed by atoms with Gasteiger partial charge in [0.25, 0.3) is 5.91 Å². The first-order valence-corrected chi connectivity index (χ1v) is 11.9. The van der Waals surface area contributed by atoms with E-state index in [0.717, 1.165) is 6.42 Å². The second-order valence-electron chi connectivity index (χ2n) is 9.07. The third kappa shape index (κ3) is 4.99. The van der Waals surface area contributed by atoms with Crippen molar-refractivity contribution in [1.82, 2.24) is 29.5 Å². The molecule has 1 unspecified atom stereocenters. The largest absolute Gasteiger partial charge is 0.492 e. The molecule has 1 atom stereocenters. The lowest BCUT2D eigenvalue weighted by Crippen LogP contribution is -2.40. The number of hydrogen-bond acceptors (Lipinski definition) is 8. The van der Waals surface area contributed by atoms with Gasteiger partial charge in [0, 0.05) is 32.7 Å². The Balaban J connectivity index is 1.68. The number of ether oxygens (including phenoxy) is 1. The number of anilines is 2. The minimum atomic E-state index is -0.757. The van der Waals surface area contributed by atoms with Gasteiger partial charge >= 0.3 is 0 Å². The zero-order chi connectivity index (χ0) is 27.6. The monoisotopic (exact) mass is 524 g/mol. The SMILES string of the molecule is C=CC(=O)N1CCCC(n2nc(C(=O)Nc3ccc(CC(=O)N(C)C)c(F)c3OC)c3c(N)ncnc32)C1. The second kappa shape index (κ2) is 10.8. The molecule has 0 aliphatic carbocycles. The highest BCUT2D eigenvalue weighted by molar-refractivity contribution is 6.13. The summed E-state index contributed by atoms with van der Waals surface area (Å²) in [5.74, 6) is -2.08. The molecule has 4 rings (SSSR count). The summed E-state index contributed by atoms with van der Waals surface area (Å²) in [6.07, 6.45) is 3.80. The van der Waals surface area contributed by atoms with Crippen LogP contribution in [-0.2, 0) is 16.0 Å². The summed E-state index contributed by atoms with van der Waals surface area (Å²) < 4.78 is 22.0. The summed E-state index contributed by atoms with van der Waals surface area (Å²) in [6, 6.07) is 2.61. The van der Waals surface area contributed by atoms with Crippen LogP contribution in [0, 0.1) is 5.82 Å². The molecular weight excluding hydrogens is 495 g/mol. The number of nitrogen functional groups attached to an aromatic ring is 1. The number of likely N-dealkylation sites (N-methyl/N-ethyl adjacent to an activating group) is 1. The van der Waals surface area contributed by atoms with Crippen molar-refractivity contribution in [3.8, 4) is 5.75 Å². The lowest BCUT2D eigenvalue weighted by atomic mass is 10.1. The van der Waals surface area contributed by atoms with Gasteiger partial charge in [-0.05, 0) is 25.0 Å². The fraction of sp³-hybridized carbons (Fsp3) is 0.360. The molecule has 1 aliphatic heterocycles. The quantitative estimate of drug-likeness (QED) is 0.445. The summed E-state index contributed by atoms with van der Waals surface area (Å²) in [6.45, 7) is 4.50. The molecule has 1 aliphatic rings. The highest BCUT2D eigenvalue weighted by Crippen LogP contribution is 2.33. The number of fused-ring (bicyclic) bond motifs is 1. The molecule has 0 bridgehead atoms. The van der Waals surface area contributed by atoms with E-state index in [2.05, 4.69) is 27.0 Å². The number of nitrogens with one attached hydrogen (secondary N) is 1. The number of benzene rings is 1. The number of hydrogen-bond donors (Lipinski definition) is 2. The number of halogens is 1. The maximum Gasteiger partial charge on any atom is 0.277 e. The normalized spacial score (nSPS) is 15.3. The summed E-state index contributed by atoms with van der Waals surface area (Å²) in [7, 11) is 4.42. The number of carbonyl (C=O) groups is 3. The van der Waals surface area contributed by atoms with Gasteiger partial charge in [0.2, 0.25) is 11.8 Å². The predicted octanol–water partition coefficient (Wildman–Crippen LogP) is 1.79. The van der Waals surface area contributed by atoms with Gasteiger partial charge in [0.05, 0.1) is 30.6 Å². The third-order valence-corrected chi connectivity index (χ3v) is 6.43. The number of rotatable bonds is 7. The van der Waals surface area contributed by atoms with Crippen LogP contribution in [0.1, 0.15) is 34.9 Å². The zero-order valence-electron chi connectivity index (χ0n) is 21.4. The van der Waals surface area contributed by atoms with E-state index in [-0.39, 0.29) is 58.2 Å². The number of amides is 3. The van der Waals surface area contributed by atoms with E-state index in [4.69, 9.17) is 10.5 Å². The maximum absolute atomic E-state index is 15.2. The molecule has 2 aromatic heterocycles. The minimum Gasteiger partial charge on any atom is -0.492 e. The predicted molar refractivity (Wildman–Crippen MR) is 138 cm³/mol. The standard InChI is InChI=1S/C25H29FN8O4/c1-5-17(35)33-10-6-7-15(12-33)34-24-19(23(27)28-13-29-24)21(31-34)25(37)30-16-9-8-14(11-18(36)32(2)3)20(26)22(16)38-4/h5,8-9,13,15H,1,6-7,10-12H2,2-4H3,(H,30,37)(H2,27,28,29). The van der Waals surface area contributed by atoms with Crippen molar-refractivity contribution in [2.45, 2.75) is 25.3 Å². The number of methoxy groups -OCH3 is 1. The Labute approximate surface area is 218 Å². The Morgan fingerprint density at radius 1 is 1.32 bits per heavy atom. The Bertz CT molecular complexity index is 1420. The van der Waals surface area contributed by atoms with Gasteiger partial charge in [-0.1, -0.05) is 12.6 Å². The van der Waals surface area contributed by atoms with Crippen molar-refractivity contribution in [3.63, 3.8) is 0 Å². The molecule has 1 aromatic carbocycles. The van der Waals surface area contributed by atoms with E-state index >= 15 is 4.39 Å². The molecule has 0 radical (unpaired) electrons. The third-order valence-electron chi connectivity index (χ3n) is 6.43. The summed E-state index contributed by atoms with van der Waals surface area (Å²) in [5, 5.41) is 7.39. The highest BCUT2D eigenvalue weighted by Gasteiger charge is 2.30. The molecule has 0 spiro atoms. The van der Waals surface area contributed by atoms with E-state index < -0.39 is 11.7 Å². The zero-order valence-corrected chi connectivity index (χ0v) is 21.4. The Hall–Kier alpha value is -4.55. The molecule has 1 fully saturated rings.